The molecule has 48 heavy (non-hydrogen) atoms. The summed E-state index contributed by atoms with van der Waals surface area (Å²) >= 11 is 0. The van der Waals surface area contributed by atoms with E-state index in [1.165, 1.54) is 39.1 Å². The molecule has 0 amide bonds. The van der Waals surface area contributed by atoms with Gasteiger partial charge < -0.3 is 0 Å². The highest BCUT2D eigenvalue weighted by Gasteiger charge is 2.03. The Bertz CT molecular complexity index is 1060. The summed E-state index contributed by atoms with van der Waals surface area (Å²) < 4.78 is 0. The Labute approximate surface area is 299 Å². The van der Waals surface area contributed by atoms with Crippen molar-refractivity contribution >= 4 is 0 Å². The molecule has 0 N–H and O–H groups in total. The maximum atomic E-state index is 4.28. The number of aromatic nitrogens is 4. The second kappa shape index (κ2) is 33.5. The van der Waals surface area contributed by atoms with Crippen molar-refractivity contribution in [3.05, 3.63) is 118 Å². The molecular weight excluding hydrogens is 585 g/mol. The second-order valence-electron chi connectivity index (χ2n) is 11.5. The van der Waals surface area contributed by atoms with Crippen LogP contribution in [0.1, 0.15) is 179 Å². The third kappa shape index (κ3) is 23.0. The Balaban J connectivity index is -0.000000251. The van der Waals surface area contributed by atoms with Crippen molar-refractivity contribution in [2.24, 2.45) is 0 Å². The molecule has 4 heteroatoms. The Kier molecular flexibility index (Phi) is 35.9. The number of pyridine rings is 4. The molecule has 0 spiro atoms. The summed E-state index contributed by atoms with van der Waals surface area (Å²) in [4.78, 5) is 16.6. The van der Waals surface area contributed by atoms with Crippen LogP contribution in [0.3, 0.4) is 0 Å². The zero-order valence-electron chi connectivity index (χ0n) is 35.0. The highest BCUT2D eigenvalue weighted by molar-refractivity contribution is 5.25. The van der Waals surface area contributed by atoms with Gasteiger partial charge in [0.05, 0.1) is 0 Å². The molecule has 0 saturated carbocycles. The van der Waals surface area contributed by atoms with Crippen molar-refractivity contribution in [1.82, 2.24) is 19.9 Å². The molecule has 4 aromatic rings. The van der Waals surface area contributed by atoms with Crippen LogP contribution in [0.25, 0.3) is 0 Å². The molecule has 0 radical (unpaired) electrons. The van der Waals surface area contributed by atoms with Crippen LogP contribution < -0.4 is 0 Å². The summed E-state index contributed by atoms with van der Waals surface area (Å²) in [7, 11) is 0. The fourth-order valence-corrected chi connectivity index (χ4v) is 4.42. The lowest BCUT2D eigenvalue weighted by molar-refractivity contribution is 0.811. The van der Waals surface area contributed by atoms with Crippen LogP contribution in [0.4, 0.5) is 0 Å². The highest BCUT2D eigenvalue weighted by atomic mass is 14.7. The molecule has 272 valence electrons. The van der Waals surface area contributed by atoms with Gasteiger partial charge in [0.1, 0.15) is 0 Å². The van der Waals surface area contributed by atoms with Gasteiger partial charge >= 0.3 is 0 Å². The van der Waals surface area contributed by atoms with Gasteiger partial charge in [-0.15, -0.1) is 0 Å². The molecule has 0 aromatic carbocycles. The molecular formula is C44H76N4. The molecule has 0 atom stereocenters. The SMILES string of the molecule is CC.CC.CC.CC.Cc1cccnc1C(C)C.Cc1ccncc1C(C)C.Cc1cnccc1C(C)C.Cc1ncccc1C(C)C. The Morgan fingerprint density at radius 3 is 1.19 bits per heavy atom. The van der Waals surface area contributed by atoms with E-state index in [1.807, 2.05) is 105 Å². The first-order valence-corrected chi connectivity index (χ1v) is 18.5. The summed E-state index contributed by atoms with van der Waals surface area (Å²) in [6.45, 7) is 41.8. The zero-order valence-corrected chi connectivity index (χ0v) is 35.0. The number of rotatable bonds is 4. The van der Waals surface area contributed by atoms with E-state index in [0.717, 1.165) is 5.69 Å². The molecule has 4 nitrogen and oxygen atoms in total. The van der Waals surface area contributed by atoms with E-state index in [-0.39, 0.29) is 0 Å². The van der Waals surface area contributed by atoms with E-state index in [9.17, 15) is 0 Å². The minimum Gasteiger partial charge on any atom is -0.264 e. The average Bonchev–Trinajstić information content (AvgIpc) is 3.09. The van der Waals surface area contributed by atoms with E-state index in [2.05, 4.69) is 127 Å². The zero-order chi connectivity index (χ0) is 38.2. The maximum absolute atomic E-state index is 4.28. The fraction of sp³-hybridized carbons (Fsp3) is 0.545. The smallest absolute Gasteiger partial charge is 0.0458 e. The first-order valence-electron chi connectivity index (χ1n) is 18.5. The molecule has 4 heterocycles. The molecule has 0 saturated heterocycles. The minimum atomic E-state index is 0.543. The molecule has 0 aliphatic heterocycles. The topological polar surface area (TPSA) is 51.6 Å². The molecule has 4 rings (SSSR count). The molecule has 0 bridgehead atoms. The highest BCUT2D eigenvalue weighted by Crippen LogP contribution is 2.18. The van der Waals surface area contributed by atoms with Crippen LogP contribution in [0, 0.1) is 27.7 Å². The lowest BCUT2D eigenvalue weighted by Crippen LogP contribution is -1.94. The first kappa shape index (κ1) is 51.4. The molecule has 0 aliphatic rings. The monoisotopic (exact) mass is 661 g/mol. The van der Waals surface area contributed by atoms with Crippen molar-refractivity contribution in [3.63, 3.8) is 0 Å². The largest absolute Gasteiger partial charge is 0.264 e. The van der Waals surface area contributed by atoms with Crippen LogP contribution in [-0.2, 0) is 0 Å². The summed E-state index contributed by atoms with van der Waals surface area (Å²) in [6, 6.07) is 12.3. The minimum absolute atomic E-state index is 0.543. The van der Waals surface area contributed by atoms with Gasteiger partial charge in [-0.05, 0) is 109 Å². The average molecular weight is 661 g/mol. The van der Waals surface area contributed by atoms with Crippen molar-refractivity contribution in [2.75, 3.05) is 0 Å². The van der Waals surface area contributed by atoms with Gasteiger partial charge in [0.2, 0.25) is 0 Å². The summed E-state index contributed by atoms with van der Waals surface area (Å²) in [5.41, 5.74) is 10.4. The lowest BCUT2D eigenvalue weighted by atomic mass is 10.0. The predicted molar refractivity (Wildman–Crippen MR) is 218 cm³/mol. The standard InChI is InChI=1S/4C9H13N.4C2H6/c1-7(2)9-4-5-10-6-8(9)3;1-7(2)9-6-10-5-4-8(9)3;1-7(2)9-5-4-6-10-8(9)3;1-7(2)9-8(3)5-4-6-10-9;4*1-2/h4*4-7H,1-3H3;4*1-2H3. The van der Waals surface area contributed by atoms with Crippen molar-refractivity contribution in [2.45, 2.75) is 162 Å². The van der Waals surface area contributed by atoms with Crippen LogP contribution in [0.15, 0.2) is 73.6 Å². The second-order valence-corrected chi connectivity index (χ2v) is 11.5. The van der Waals surface area contributed by atoms with Crippen LogP contribution >= 0.6 is 0 Å². The number of aryl methyl sites for hydroxylation is 4. The van der Waals surface area contributed by atoms with Crippen molar-refractivity contribution < 1.29 is 0 Å². The van der Waals surface area contributed by atoms with Gasteiger partial charge in [-0.25, -0.2) is 0 Å². The Morgan fingerprint density at radius 1 is 0.396 bits per heavy atom. The quantitative estimate of drug-likeness (QED) is 0.219. The fourth-order valence-electron chi connectivity index (χ4n) is 4.42. The van der Waals surface area contributed by atoms with Crippen molar-refractivity contribution in [1.29, 1.82) is 0 Å². The Morgan fingerprint density at radius 2 is 0.854 bits per heavy atom. The first-order chi connectivity index (χ1) is 22.9. The van der Waals surface area contributed by atoms with Crippen molar-refractivity contribution in [3.8, 4) is 0 Å². The number of hydrogen-bond donors (Lipinski definition) is 0. The van der Waals surface area contributed by atoms with Gasteiger partial charge in [-0.3, -0.25) is 19.9 Å². The number of nitrogens with zero attached hydrogens (tertiary/aromatic N) is 4. The number of hydrogen-bond acceptors (Lipinski definition) is 4. The van der Waals surface area contributed by atoms with Gasteiger partial charge in [0.25, 0.3) is 0 Å². The van der Waals surface area contributed by atoms with E-state index in [1.54, 1.807) is 0 Å². The third-order valence-electron chi connectivity index (χ3n) is 6.65. The molecule has 0 aliphatic carbocycles. The predicted octanol–water partition coefficient (Wildman–Crippen LogP) is 14.2. The van der Waals surface area contributed by atoms with Crippen LogP contribution in [0.5, 0.6) is 0 Å². The van der Waals surface area contributed by atoms with Crippen LogP contribution in [0.2, 0.25) is 0 Å². The van der Waals surface area contributed by atoms with Gasteiger partial charge in [-0.1, -0.05) is 123 Å². The molecule has 0 unspecified atom stereocenters. The maximum Gasteiger partial charge on any atom is 0.0458 e. The third-order valence-corrected chi connectivity index (χ3v) is 6.65. The molecule has 4 aromatic heterocycles. The van der Waals surface area contributed by atoms with E-state index < -0.39 is 0 Å². The van der Waals surface area contributed by atoms with Gasteiger partial charge in [-0.2, -0.15) is 0 Å². The van der Waals surface area contributed by atoms with E-state index in [0.29, 0.717) is 23.7 Å². The van der Waals surface area contributed by atoms with E-state index in [4.69, 9.17) is 0 Å². The Hall–Kier alpha value is -3.40. The molecule has 0 fully saturated rings. The summed E-state index contributed by atoms with van der Waals surface area (Å²) in [5.74, 6) is 2.34. The van der Waals surface area contributed by atoms with Gasteiger partial charge in [0.15, 0.2) is 0 Å². The summed E-state index contributed by atoms with van der Waals surface area (Å²) in [6.07, 6.45) is 11.2. The van der Waals surface area contributed by atoms with Crippen LogP contribution in [-0.4, -0.2) is 19.9 Å². The normalized spacial score (nSPS) is 9.17. The lowest BCUT2D eigenvalue weighted by Gasteiger charge is -2.06. The summed E-state index contributed by atoms with van der Waals surface area (Å²) in [5, 5.41) is 0. The van der Waals surface area contributed by atoms with E-state index >= 15 is 0 Å². The van der Waals surface area contributed by atoms with Gasteiger partial charge in [0, 0.05) is 48.6 Å².